The van der Waals surface area contributed by atoms with Gasteiger partial charge in [0.15, 0.2) is 0 Å². The van der Waals surface area contributed by atoms with Crippen molar-refractivity contribution in [3.8, 4) is 0 Å². The Hall–Kier alpha value is -1.89. The van der Waals surface area contributed by atoms with Crippen molar-refractivity contribution in [1.29, 1.82) is 0 Å². The molecule has 0 bridgehead atoms. The molecule has 1 atom stereocenters. The number of hydrogen-bond acceptors (Lipinski definition) is 4. The first-order valence-corrected chi connectivity index (χ1v) is 10.5. The van der Waals surface area contributed by atoms with Crippen molar-refractivity contribution < 1.29 is 8.42 Å². The van der Waals surface area contributed by atoms with Gasteiger partial charge in [0.2, 0.25) is 9.84 Å². The Morgan fingerprint density at radius 1 is 1.19 bits per heavy atom. The highest BCUT2D eigenvalue weighted by atomic mass is 35.5. The van der Waals surface area contributed by atoms with Crippen LogP contribution >= 0.6 is 11.6 Å². The lowest BCUT2D eigenvalue weighted by Gasteiger charge is -2.30. The van der Waals surface area contributed by atoms with E-state index in [9.17, 15) is 8.42 Å². The predicted octanol–water partition coefficient (Wildman–Crippen LogP) is 3.79. The second-order valence-corrected chi connectivity index (χ2v) is 9.15. The minimum absolute atomic E-state index is 0.223. The average Bonchev–Trinajstić information content (AvgIpc) is 3.03. The molecular formula is C19H20ClN3O2S. The summed E-state index contributed by atoms with van der Waals surface area (Å²) in [6.45, 7) is 1.96. The molecule has 1 aliphatic heterocycles. The molecule has 1 unspecified atom stereocenters. The summed E-state index contributed by atoms with van der Waals surface area (Å²) in [5.74, 6) is 0. The van der Waals surface area contributed by atoms with Crippen molar-refractivity contribution in [3.05, 3.63) is 53.8 Å². The number of rotatable bonds is 3. The van der Waals surface area contributed by atoms with Crippen LogP contribution in [0.4, 0.5) is 0 Å². The number of sulfone groups is 1. The number of halogens is 1. The molecule has 0 N–H and O–H groups in total. The Morgan fingerprint density at radius 3 is 2.69 bits per heavy atom. The lowest BCUT2D eigenvalue weighted by atomic mass is 10.1. The molecule has 0 saturated carbocycles. The van der Waals surface area contributed by atoms with Crippen LogP contribution in [-0.2, 0) is 9.84 Å². The summed E-state index contributed by atoms with van der Waals surface area (Å²) in [5, 5.41) is 1.17. The van der Waals surface area contributed by atoms with E-state index in [1.807, 2.05) is 10.6 Å². The molecule has 0 aliphatic carbocycles. The highest BCUT2D eigenvalue weighted by Crippen LogP contribution is 2.33. The molecule has 0 radical (unpaired) electrons. The number of piperidine rings is 1. The molecule has 1 saturated heterocycles. The lowest BCUT2D eigenvalue weighted by molar-refractivity contribution is 0.214. The third-order valence-corrected chi connectivity index (χ3v) is 7.01. The van der Waals surface area contributed by atoms with E-state index in [0.29, 0.717) is 15.3 Å². The molecule has 136 valence electrons. The van der Waals surface area contributed by atoms with Gasteiger partial charge in [-0.1, -0.05) is 11.6 Å². The van der Waals surface area contributed by atoms with Gasteiger partial charge in [0.1, 0.15) is 5.65 Å². The second-order valence-electron chi connectivity index (χ2n) is 6.79. The Morgan fingerprint density at radius 2 is 1.96 bits per heavy atom. The normalized spacial score (nSPS) is 19.1. The number of pyridine rings is 1. The van der Waals surface area contributed by atoms with E-state index in [1.165, 1.54) is 0 Å². The molecule has 0 amide bonds. The zero-order chi connectivity index (χ0) is 18.3. The van der Waals surface area contributed by atoms with E-state index in [-0.39, 0.29) is 10.9 Å². The molecule has 7 heteroatoms. The summed E-state index contributed by atoms with van der Waals surface area (Å²) in [6, 6.07) is 10.1. The SMILES string of the molecule is CN1CCCC(n2cc(S(=O)(=O)c3ccc(Cl)cc3)c3cccnc32)C1. The zero-order valence-corrected chi connectivity index (χ0v) is 16.0. The number of fused-ring (bicyclic) bond motifs is 1. The molecule has 5 nitrogen and oxygen atoms in total. The molecule has 3 heterocycles. The molecule has 1 aromatic carbocycles. The largest absolute Gasteiger partial charge is 0.327 e. The number of likely N-dealkylation sites (N-methyl/N-ethyl adjacent to an activating group) is 1. The fourth-order valence-corrected chi connectivity index (χ4v) is 5.23. The van der Waals surface area contributed by atoms with Crippen LogP contribution < -0.4 is 0 Å². The third kappa shape index (κ3) is 3.02. The minimum Gasteiger partial charge on any atom is -0.327 e. The molecule has 4 rings (SSSR count). The fraction of sp³-hybridized carbons (Fsp3) is 0.316. The van der Waals surface area contributed by atoms with Crippen LogP contribution in [0.2, 0.25) is 5.02 Å². The van der Waals surface area contributed by atoms with E-state index in [4.69, 9.17) is 11.6 Å². The number of aromatic nitrogens is 2. The molecule has 1 aliphatic rings. The lowest BCUT2D eigenvalue weighted by Crippen LogP contribution is -2.33. The summed E-state index contributed by atoms with van der Waals surface area (Å²) in [6.07, 6.45) is 5.58. The van der Waals surface area contributed by atoms with Crippen LogP contribution in [0.1, 0.15) is 18.9 Å². The molecule has 1 fully saturated rings. The van der Waals surface area contributed by atoms with Crippen molar-refractivity contribution >= 4 is 32.5 Å². The average molecular weight is 390 g/mol. The smallest absolute Gasteiger partial charge is 0.208 e. The Balaban J connectivity index is 1.87. The summed E-state index contributed by atoms with van der Waals surface area (Å²) in [4.78, 5) is 7.30. The van der Waals surface area contributed by atoms with Crippen molar-refractivity contribution in [3.63, 3.8) is 0 Å². The van der Waals surface area contributed by atoms with Crippen LogP contribution in [0.5, 0.6) is 0 Å². The fourth-order valence-electron chi connectivity index (χ4n) is 3.65. The summed E-state index contributed by atoms with van der Waals surface area (Å²) >= 11 is 5.91. The number of nitrogens with zero attached hydrogens (tertiary/aromatic N) is 3. The Kier molecular flexibility index (Phi) is 4.50. The first-order valence-electron chi connectivity index (χ1n) is 8.61. The predicted molar refractivity (Wildman–Crippen MR) is 102 cm³/mol. The van der Waals surface area contributed by atoms with Crippen molar-refractivity contribution in [2.45, 2.75) is 28.7 Å². The maximum Gasteiger partial charge on any atom is 0.208 e. The number of likely N-dealkylation sites (tertiary alicyclic amines) is 1. The second kappa shape index (κ2) is 6.68. The van der Waals surface area contributed by atoms with Crippen molar-refractivity contribution in [2.75, 3.05) is 20.1 Å². The van der Waals surface area contributed by atoms with Gasteiger partial charge in [-0.3, -0.25) is 0 Å². The van der Waals surface area contributed by atoms with Crippen LogP contribution in [0, 0.1) is 0 Å². The summed E-state index contributed by atoms with van der Waals surface area (Å²) in [7, 11) is -1.55. The van der Waals surface area contributed by atoms with Gasteiger partial charge in [0.05, 0.1) is 9.79 Å². The highest BCUT2D eigenvalue weighted by Gasteiger charge is 2.27. The molecule has 26 heavy (non-hydrogen) atoms. The van der Waals surface area contributed by atoms with Crippen LogP contribution in [-0.4, -0.2) is 43.0 Å². The van der Waals surface area contributed by atoms with Gasteiger partial charge in [0.25, 0.3) is 0 Å². The summed E-state index contributed by atoms with van der Waals surface area (Å²) < 4.78 is 28.5. The number of hydrogen-bond donors (Lipinski definition) is 0. The number of benzene rings is 1. The van der Waals surface area contributed by atoms with Crippen molar-refractivity contribution in [2.24, 2.45) is 0 Å². The van der Waals surface area contributed by atoms with Crippen LogP contribution in [0.3, 0.4) is 0 Å². The van der Waals surface area contributed by atoms with E-state index >= 15 is 0 Å². The van der Waals surface area contributed by atoms with Gasteiger partial charge in [-0.2, -0.15) is 0 Å². The highest BCUT2D eigenvalue weighted by molar-refractivity contribution is 7.91. The van der Waals surface area contributed by atoms with Gasteiger partial charge in [0, 0.05) is 35.4 Å². The quantitative estimate of drug-likeness (QED) is 0.683. The zero-order valence-electron chi connectivity index (χ0n) is 14.5. The van der Waals surface area contributed by atoms with Crippen LogP contribution in [0.15, 0.2) is 58.6 Å². The first-order chi connectivity index (χ1) is 12.5. The van der Waals surface area contributed by atoms with Gasteiger partial charge in [-0.25, -0.2) is 13.4 Å². The molecule has 2 aromatic heterocycles. The molecule has 3 aromatic rings. The monoisotopic (exact) mass is 389 g/mol. The summed E-state index contributed by atoms with van der Waals surface area (Å²) in [5.41, 5.74) is 0.723. The van der Waals surface area contributed by atoms with Crippen LogP contribution in [0.25, 0.3) is 11.0 Å². The van der Waals surface area contributed by atoms with Gasteiger partial charge in [-0.05, 0) is 62.8 Å². The maximum atomic E-state index is 13.2. The van der Waals surface area contributed by atoms with Gasteiger partial charge >= 0.3 is 0 Å². The van der Waals surface area contributed by atoms with E-state index in [2.05, 4.69) is 16.9 Å². The minimum atomic E-state index is -3.65. The Bertz CT molecular complexity index is 1040. The van der Waals surface area contributed by atoms with E-state index in [1.54, 1.807) is 42.7 Å². The van der Waals surface area contributed by atoms with Gasteiger partial charge < -0.3 is 9.47 Å². The molecule has 0 spiro atoms. The standard InChI is InChI=1S/C19H20ClN3O2S/c1-22-11-3-4-15(12-22)23-13-18(17-5-2-10-21-19(17)23)26(24,25)16-8-6-14(20)7-9-16/h2,5-10,13,15H,3-4,11-12H2,1H3. The van der Waals surface area contributed by atoms with E-state index in [0.717, 1.165) is 31.6 Å². The molecular weight excluding hydrogens is 370 g/mol. The van der Waals surface area contributed by atoms with Gasteiger partial charge in [-0.15, -0.1) is 0 Å². The first kappa shape index (κ1) is 17.5. The maximum absolute atomic E-state index is 13.2. The third-order valence-electron chi connectivity index (χ3n) is 4.96. The topological polar surface area (TPSA) is 55.2 Å². The Labute approximate surface area is 158 Å². The van der Waals surface area contributed by atoms with E-state index < -0.39 is 9.84 Å². The van der Waals surface area contributed by atoms with Crippen molar-refractivity contribution in [1.82, 2.24) is 14.5 Å².